The number of unbranched alkanes of at least 4 members (excludes halogenated alkanes) is 1. The van der Waals surface area contributed by atoms with Crippen molar-refractivity contribution in [2.75, 3.05) is 6.54 Å². The zero-order valence-electron chi connectivity index (χ0n) is 9.99. The SMILES string of the molecule is CCCCN/C(=N\Cc1ccco1)NC(=N)N. The van der Waals surface area contributed by atoms with E-state index in [0.717, 1.165) is 25.1 Å². The fourth-order valence-electron chi connectivity index (χ4n) is 1.21. The number of nitrogens with one attached hydrogen (secondary N) is 3. The van der Waals surface area contributed by atoms with Gasteiger partial charge in [-0.3, -0.25) is 10.7 Å². The molecule has 0 aliphatic rings. The number of guanidine groups is 2. The highest BCUT2D eigenvalue weighted by Gasteiger charge is 2.00. The molecule has 1 rings (SSSR count). The molecule has 94 valence electrons. The lowest BCUT2D eigenvalue weighted by atomic mass is 10.3. The highest BCUT2D eigenvalue weighted by Crippen LogP contribution is 2.00. The number of nitrogens with two attached hydrogens (primary N) is 1. The smallest absolute Gasteiger partial charge is 0.198 e. The molecule has 5 N–H and O–H groups in total. The van der Waals surface area contributed by atoms with Crippen molar-refractivity contribution in [3.8, 4) is 0 Å². The van der Waals surface area contributed by atoms with E-state index in [1.807, 2.05) is 12.1 Å². The summed E-state index contributed by atoms with van der Waals surface area (Å²) in [5.74, 6) is 1.14. The quantitative estimate of drug-likeness (QED) is 0.349. The predicted molar refractivity (Wildman–Crippen MR) is 67.8 cm³/mol. The van der Waals surface area contributed by atoms with Crippen LogP contribution < -0.4 is 16.4 Å². The molecule has 0 saturated carbocycles. The van der Waals surface area contributed by atoms with E-state index >= 15 is 0 Å². The van der Waals surface area contributed by atoms with Gasteiger partial charge in [-0.15, -0.1) is 0 Å². The lowest BCUT2D eigenvalue weighted by Crippen LogP contribution is -2.44. The molecule has 1 aromatic rings. The number of aliphatic imine (C=N–C) groups is 1. The number of furan rings is 1. The van der Waals surface area contributed by atoms with Crippen LogP contribution in [0.2, 0.25) is 0 Å². The van der Waals surface area contributed by atoms with Crippen LogP contribution in [-0.2, 0) is 6.54 Å². The van der Waals surface area contributed by atoms with Gasteiger partial charge in [0.05, 0.1) is 6.26 Å². The molecule has 0 saturated heterocycles. The minimum atomic E-state index is -0.132. The van der Waals surface area contributed by atoms with Crippen molar-refractivity contribution in [1.29, 1.82) is 5.41 Å². The van der Waals surface area contributed by atoms with Crippen molar-refractivity contribution in [3.05, 3.63) is 24.2 Å². The van der Waals surface area contributed by atoms with E-state index in [1.165, 1.54) is 0 Å². The topological polar surface area (TPSA) is 99.4 Å². The lowest BCUT2D eigenvalue weighted by molar-refractivity contribution is 0.512. The van der Waals surface area contributed by atoms with E-state index in [1.54, 1.807) is 6.26 Å². The normalized spacial score (nSPS) is 11.2. The number of nitrogens with zero attached hydrogens (tertiary/aromatic N) is 1. The van der Waals surface area contributed by atoms with Crippen molar-refractivity contribution in [3.63, 3.8) is 0 Å². The molecule has 0 aromatic carbocycles. The molecule has 17 heavy (non-hydrogen) atoms. The molecule has 6 nitrogen and oxygen atoms in total. The van der Waals surface area contributed by atoms with Gasteiger partial charge in [0.1, 0.15) is 12.3 Å². The summed E-state index contributed by atoms with van der Waals surface area (Å²) >= 11 is 0. The Morgan fingerprint density at radius 1 is 1.59 bits per heavy atom. The van der Waals surface area contributed by atoms with Crippen LogP contribution in [0.4, 0.5) is 0 Å². The van der Waals surface area contributed by atoms with Gasteiger partial charge < -0.3 is 15.5 Å². The third-order valence-corrected chi connectivity index (χ3v) is 2.05. The summed E-state index contributed by atoms with van der Waals surface area (Å²) < 4.78 is 5.17. The Balaban J connectivity index is 2.48. The Morgan fingerprint density at radius 3 is 3.00 bits per heavy atom. The van der Waals surface area contributed by atoms with E-state index in [-0.39, 0.29) is 5.96 Å². The molecule has 0 unspecified atom stereocenters. The van der Waals surface area contributed by atoms with E-state index in [2.05, 4.69) is 22.5 Å². The Kier molecular flexibility index (Phi) is 5.63. The molecular weight excluding hydrogens is 218 g/mol. The summed E-state index contributed by atoms with van der Waals surface area (Å²) in [7, 11) is 0. The Hall–Kier alpha value is -1.98. The molecule has 0 atom stereocenters. The van der Waals surface area contributed by atoms with E-state index in [0.29, 0.717) is 12.5 Å². The van der Waals surface area contributed by atoms with Crippen LogP contribution in [0.5, 0.6) is 0 Å². The molecular formula is C11H19N5O. The van der Waals surface area contributed by atoms with Crippen molar-refractivity contribution >= 4 is 11.9 Å². The third kappa shape index (κ3) is 5.60. The van der Waals surface area contributed by atoms with Crippen molar-refractivity contribution < 1.29 is 4.42 Å². The van der Waals surface area contributed by atoms with Gasteiger partial charge >= 0.3 is 0 Å². The Morgan fingerprint density at radius 2 is 2.41 bits per heavy atom. The van der Waals surface area contributed by atoms with E-state index in [9.17, 15) is 0 Å². The average molecular weight is 237 g/mol. The second-order valence-corrected chi connectivity index (χ2v) is 3.56. The zero-order valence-corrected chi connectivity index (χ0v) is 9.99. The van der Waals surface area contributed by atoms with Crippen LogP contribution in [0, 0.1) is 5.41 Å². The fraction of sp³-hybridized carbons (Fsp3) is 0.455. The summed E-state index contributed by atoms with van der Waals surface area (Å²) in [6.45, 7) is 3.33. The first-order valence-electron chi connectivity index (χ1n) is 5.64. The lowest BCUT2D eigenvalue weighted by Gasteiger charge is -2.10. The molecule has 0 fully saturated rings. The zero-order chi connectivity index (χ0) is 12.5. The van der Waals surface area contributed by atoms with E-state index < -0.39 is 0 Å². The molecule has 0 aliphatic heterocycles. The second kappa shape index (κ2) is 7.32. The Bertz CT molecular complexity index is 358. The van der Waals surface area contributed by atoms with Crippen LogP contribution >= 0.6 is 0 Å². The molecule has 1 heterocycles. The van der Waals surface area contributed by atoms with Gasteiger partial charge in [-0.2, -0.15) is 0 Å². The molecule has 0 bridgehead atoms. The van der Waals surface area contributed by atoms with Gasteiger partial charge in [-0.1, -0.05) is 13.3 Å². The summed E-state index contributed by atoms with van der Waals surface area (Å²) in [6, 6.07) is 3.66. The maximum Gasteiger partial charge on any atom is 0.198 e. The van der Waals surface area contributed by atoms with Gasteiger partial charge in [-0.05, 0) is 18.6 Å². The minimum Gasteiger partial charge on any atom is -0.467 e. The van der Waals surface area contributed by atoms with Crippen LogP contribution in [-0.4, -0.2) is 18.5 Å². The predicted octanol–water partition coefficient (Wildman–Crippen LogP) is 1.01. The standard InChI is InChI=1S/C11H19N5O/c1-2-3-6-14-11(16-10(12)13)15-8-9-5-4-7-17-9/h4-5,7H,2-3,6,8H2,1H3,(H5,12,13,14,15,16). The highest BCUT2D eigenvalue weighted by molar-refractivity contribution is 5.96. The van der Waals surface area contributed by atoms with E-state index in [4.69, 9.17) is 15.6 Å². The van der Waals surface area contributed by atoms with Gasteiger partial charge in [-0.25, -0.2) is 4.99 Å². The summed E-state index contributed by atoms with van der Waals surface area (Å²) in [6.07, 6.45) is 3.74. The molecule has 1 aromatic heterocycles. The molecule has 0 aliphatic carbocycles. The van der Waals surface area contributed by atoms with Gasteiger partial charge in [0.15, 0.2) is 11.9 Å². The highest BCUT2D eigenvalue weighted by atomic mass is 16.3. The van der Waals surface area contributed by atoms with Crippen molar-refractivity contribution in [2.24, 2.45) is 10.7 Å². The van der Waals surface area contributed by atoms with Crippen LogP contribution in [0.1, 0.15) is 25.5 Å². The van der Waals surface area contributed by atoms with Gasteiger partial charge in [0.25, 0.3) is 0 Å². The largest absolute Gasteiger partial charge is 0.467 e. The average Bonchev–Trinajstić information content (AvgIpc) is 2.78. The Labute approximate surface area is 101 Å². The van der Waals surface area contributed by atoms with Crippen LogP contribution in [0.3, 0.4) is 0 Å². The molecule has 0 spiro atoms. The summed E-state index contributed by atoms with van der Waals surface area (Å²) in [5, 5.41) is 12.9. The first-order valence-corrected chi connectivity index (χ1v) is 5.64. The fourth-order valence-corrected chi connectivity index (χ4v) is 1.21. The monoisotopic (exact) mass is 237 g/mol. The second-order valence-electron chi connectivity index (χ2n) is 3.56. The summed E-state index contributed by atoms with van der Waals surface area (Å²) in [5.41, 5.74) is 5.27. The van der Waals surface area contributed by atoms with Crippen LogP contribution in [0.15, 0.2) is 27.8 Å². The molecule has 6 heteroatoms. The van der Waals surface area contributed by atoms with Crippen molar-refractivity contribution in [2.45, 2.75) is 26.3 Å². The minimum absolute atomic E-state index is 0.132. The molecule has 0 amide bonds. The van der Waals surface area contributed by atoms with Crippen LogP contribution in [0.25, 0.3) is 0 Å². The first kappa shape index (κ1) is 13.1. The van der Waals surface area contributed by atoms with Gasteiger partial charge in [0.2, 0.25) is 0 Å². The number of hydrogen-bond donors (Lipinski definition) is 4. The maximum absolute atomic E-state index is 7.18. The number of hydrogen-bond acceptors (Lipinski definition) is 3. The maximum atomic E-state index is 7.18. The summed E-state index contributed by atoms with van der Waals surface area (Å²) in [4.78, 5) is 4.26. The molecule has 0 radical (unpaired) electrons. The van der Waals surface area contributed by atoms with Crippen molar-refractivity contribution in [1.82, 2.24) is 10.6 Å². The first-order chi connectivity index (χ1) is 8.22. The van der Waals surface area contributed by atoms with Gasteiger partial charge in [0, 0.05) is 6.54 Å². The number of rotatable bonds is 5. The third-order valence-electron chi connectivity index (χ3n) is 2.05.